The molecule has 0 spiro atoms. The highest BCUT2D eigenvalue weighted by Gasteiger charge is 2.00. The van der Waals surface area contributed by atoms with E-state index < -0.39 is 5.97 Å². The normalized spacial score (nSPS) is 7.93. The van der Waals surface area contributed by atoms with Gasteiger partial charge in [0, 0.05) is 5.57 Å². The molecule has 0 aliphatic rings. The van der Waals surface area contributed by atoms with Gasteiger partial charge in [0.1, 0.15) is 6.61 Å². The van der Waals surface area contributed by atoms with Crippen LogP contribution in [0.25, 0.3) is 0 Å². The highest BCUT2D eigenvalue weighted by Crippen LogP contribution is 1.90. The molecular formula is C9H15NO5. The molecule has 0 unspecified atom stereocenters. The third-order valence-electron chi connectivity index (χ3n) is 0.949. The van der Waals surface area contributed by atoms with E-state index in [0.717, 1.165) is 0 Å². The van der Waals surface area contributed by atoms with E-state index in [4.69, 9.17) is 10.2 Å². The second kappa shape index (κ2) is 12.5. The first-order chi connectivity index (χ1) is 7.09. The van der Waals surface area contributed by atoms with E-state index in [2.05, 4.69) is 16.3 Å². The number of ether oxygens (including phenoxy) is 1. The summed E-state index contributed by atoms with van der Waals surface area (Å²) in [5.74, 6) is -0.467. The van der Waals surface area contributed by atoms with Crippen molar-refractivity contribution in [3.8, 4) is 0 Å². The van der Waals surface area contributed by atoms with Gasteiger partial charge in [-0.25, -0.2) is 14.6 Å². The number of hydrogen-bond donors (Lipinski definition) is 2. The van der Waals surface area contributed by atoms with E-state index >= 15 is 0 Å². The molecule has 0 radical (unpaired) electrons. The molecule has 0 saturated heterocycles. The highest BCUT2D eigenvalue weighted by molar-refractivity contribution is 5.86. The Morgan fingerprint density at radius 3 is 2.33 bits per heavy atom. The lowest BCUT2D eigenvalue weighted by atomic mass is 10.4. The lowest BCUT2D eigenvalue weighted by Crippen LogP contribution is -2.07. The van der Waals surface area contributed by atoms with Crippen LogP contribution in [0.4, 0.5) is 0 Å². The molecule has 15 heavy (non-hydrogen) atoms. The third-order valence-corrected chi connectivity index (χ3v) is 0.949. The van der Waals surface area contributed by atoms with Gasteiger partial charge in [-0.15, -0.1) is 0 Å². The molecule has 0 amide bonds. The summed E-state index contributed by atoms with van der Waals surface area (Å²) in [6.07, 6.45) is 1.33. The number of aliphatic hydroxyl groups is 2. The zero-order valence-corrected chi connectivity index (χ0v) is 8.60. The van der Waals surface area contributed by atoms with E-state index in [1.54, 1.807) is 6.92 Å². The number of carbonyl (C=O) groups excluding carboxylic acids is 2. The Morgan fingerprint density at radius 1 is 1.47 bits per heavy atom. The Balaban J connectivity index is 0. The Labute approximate surface area is 87.9 Å². The minimum absolute atomic E-state index is 0.0981. The first-order valence-corrected chi connectivity index (χ1v) is 4.18. The van der Waals surface area contributed by atoms with Crippen molar-refractivity contribution in [3.05, 3.63) is 12.2 Å². The van der Waals surface area contributed by atoms with Crippen molar-refractivity contribution in [2.45, 2.75) is 6.92 Å². The molecule has 6 nitrogen and oxygen atoms in total. The maximum atomic E-state index is 10.6. The van der Waals surface area contributed by atoms with Crippen LogP contribution in [0.15, 0.2) is 17.1 Å². The van der Waals surface area contributed by atoms with Crippen molar-refractivity contribution >= 4 is 12.0 Å². The number of nitrogens with zero attached hydrogens (tertiary/aromatic N) is 1. The molecule has 2 N–H and O–H groups in total. The number of carbonyl (C=O) groups is 1. The fourth-order valence-electron chi connectivity index (χ4n) is 0.353. The van der Waals surface area contributed by atoms with Gasteiger partial charge in [0.05, 0.1) is 19.8 Å². The molecule has 0 rings (SSSR count). The van der Waals surface area contributed by atoms with Crippen molar-refractivity contribution in [2.24, 2.45) is 4.99 Å². The van der Waals surface area contributed by atoms with Gasteiger partial charge in [0.15, 0.2) is 0 Å². The molecule has 0 aliphatic carbocycles. The standard InChI is InChI=1S/C7H9NO3.C2H6O2/c1-6(2)7(10)11-4-3-8-5-9;3-1-2-4/h1,3-4H2,2H3;3-4H,1-2H2. The molecule has 0 atom stereocenters. The second-order valence-corrected chi connectivity index (χ2v) is 2.34. The molecular weight excluding hydrogens is 202 g/mol. The number of aliphatic hydroxyl groups excluding tert-OH is 2. The average Bonchev–Trinajstić information content (AvgIpc) is 2.24. The van der Waals surface area contributed by atoms with Crippen LogP contribution in [-0.2, 0) is 14.3 Å². The summed E-state index contributed by atoms with van der Waals surface area (Å²) in [5.41, 5.74) is 0.333. The molecule has 0 heterocycles. The summed E-state index contributed by atoms with van der Waals surface area (Å²) in [6, 6.07) is 0. The van der Waals surface area contributed by atoms with Gasteiger partial charge >= 0.3 is 5.97 Å². The summed E-state index contributed by atoms with van der Waals surface area (Å²) >= 11 is 0. The Hall–Kier alpha value is -1.49. The summed E-state index contributed by atoms with van der Waals surface area (Å²) in [7, 11) is 0. The minimum atomic E-state index is -0.467. The molecule has 0 fully saturated rings. The second-order valence-electron chi connectivity index (χ2n) is 2.34. The van der Waals surface area contributed by atoms with Gasteiger partial charge in [-0.3, -0.25) is 0 Å². The quantitative estimate of drug-likeness (QED) is 0.211. The van der Waals surface area contributed by atoms with Gasteiger partial charge in [0.2, 0.25) is 6.08 Å². The predicted molar refractivity (Wildman–Crippen MR) is 52.9 cm³/mol. The largest absolute Gasteiger partial charge is 0.460 e. The van der Waals surface area contributed by atoms with E-state index in [1.807, 2.05) is 0 Å². The first-order valence-electron chi connectivity index (χ1n) is 4.18. The van der Waals surface area contributed by atoms with Crippen molar-refractivity contribution in [2.75, 3.05) is 26.4 Å². The Kier molecular flexibility index (Phi) is 13.3. The molecule has 6 heteroatoms. The van der Waals surface area contributed by atoms with Crippen LogP contribution in [0.1, 0.15) is 6.92 Å². The van der Waals surface area contributed by atoms with Crippen LogP contribution in [0.3, 0.4) is 0 Å². The molecule has 0 saturated carbocycles. The Morgan fingerprint density at radius 2 is 2.00 bits per heavy atom. The number of aliphatic imine (C=N–C) groups is 1. The molecule has 86 valence electrons. The molecule has 0 aromatic rings. The number of esters is 1. The number of isocyanates is 1. The van der Waals surface area contributed by atoms with E-state index in [1.165, 1.54) is 6.08 Å². The average molecular weight is 217 g/mol. The Bertz CT molecular complexity index is 231. The minimum Gasteiger partial charge on any atom is -0.460 e. The van der Waals surface area contributed by atoms with Crippen molar-refractivity contribution in [3.63, 3.8) is 0 Å². The van der Waals surface area contributed by atoms with Gasteiger partial charge in [0.25, 0.3) is 0 Å². The van der Waals surface area contributed by atoms with Crippen LogP contribution in [0.5, 0.6) is 0 Å². The van der Waals surface area contributed by atoms with E-state index in [9.17, 15) is 9.59 Å². The fourth-order valence-corrected chi connectivity index (χ4v) is 0.353. The zero-order valence-electron chi connectivity index (χ0n) is 8.60. The van der Waals surface area contributed by atoms with E-state index in [-0.39, 0.29) is 26.4 Å². The fraction of sp³-hybridized carbons (Fsp3) is 0.556. The smallest absolute Gasteiger partial charge is 0.333 e. The maximum Gasteiger partial charge on any atom is 0.333 e. The van der Waals surface area contributed by atoms with Crippen molar-refractivity contribution in [1.82, 2.24) is 0 Å². The van der Waals surface area contributed by atoms with Gasteiger partial charge < -0.3 is 14.9 Å². The van der Waals surface area contributed by atoms with Gasteiger partial charge in [-0.05, 0) is 6.92 Å². The zero-order chi connectivity index (χ0) is 12.1. The maximum absolute atomic E-state index is 10.6. The molecule has 0 aromatic heterocycles. The third kappa shape index (κ3) is 15.3. The lowest BCUT2D eigenvalue weighted by molar-refractivity contribution is -0.138. The van der Waals surface area contributed by atoms with Crippen LogP contribution < -0.4 is 0 Å². The van der Waals surface area contributed by atoms with Crippen LogP contribution >= 0.6 is 0 Å². The number of rotatable bonds is 5. The van der Waals surface area contributed by atoms with Gasteiger partial charge in [-0.2, -0.15) is 0 Å². The summed E-state index contributed by atoms with van der Waals surface area (Å²) in [5, 5.41) is 15.2. The molecule has 0 aromatic carbocycles. The topological polar surface area (TPSA) is 96.2 Å². The van der Waals surface area contributed by atoms with E-state index in [0.29, 0.717) is 5.57 Å². The van der Waals surface area contributed by atoms with Crippen LogP contribution in [0, 0.1) is 0 Å². The van der Waals surface area contributed by atoms with Crippen molar-refractivity contribution in [1.29, 1.82) is 0 Å². The molecule has 0 bridgehead atoms. The van der Waals surface area contributed by atoms with Gasteiger partial charge in [-0.1, -0.05) is 6.58 Å². The predicted octanol–water partition coefficient (Wildman–Crippen LogP) is -0.588. The number of hydrogen-bond acceptors (Lipinski definition) is 6. The van der Waals surface area contributed by atoms with Crippen LogP contribution in [-0.4, -0.2) is 48.6 Å². The summed E-state index contributed by atoms with van der Waals surface area (Å²) < 4.78 is 4.59. The summed E-state index contributed by atoms with van der Waals surface area (Å²) in [6.45, 7) is 4.92. The highest BCUT2D eigenvalue weighted by atomic mass is 16.5. The molecule has 0 aliphatic heterocycles. The van der Waals surface area contributed by atoms with Crippen LogP contribution in [0.2, 0.25) is 0 Å². The summed E-state index contributed by atoms with van der Waals surface area (Å²) in [4.78, 5) is 23.4. The van der Waals surface area contributed by atoms with Crippen molar-refractivity contribution < 1.29 is 24.5 Å². The lowest BCUT2D eigenvalue weighted by Gasteiger charge is -1.99. The SMILES string of the molecule is C=C(C)C(=O)OCCN=C=O.OCCO. The first kappa shape index (κ1) is 16.0. The monoisotopic (exact) mass is 217 g/mol.